The highest BCUT2D eigenvalue weighted by molar-refractivity contribution is 5.75. The fraction of sp³-hybridized carbons (Fsp3) is 0.833. The molecule has 1 atom stereocenters. The molecule has 1 aromatic heterocycles. The zero-order valence-corrected chi connectivity index (χ0v) is 12.0. The number of hydrogen-bond acceptors (Lipinski definition) is 5. The maximum Gasteiger partial charge on any atom is 0.241 e. The van der Waals surface area contributed by atoms with Crippen molar-refractivity contribution in [2.75, 3.05) is 6.54 Å². The highest BCUT2D eigenvalue weighted by Crippen LogP contribution is 2.08. The Balaban J connectivity index is 2.37. The van der Waals surface area contributed by atoms with Crippen molar-refractivity contribution in [3.63, 3.8) is 0 Å². The molecule has 1 heterocycles. The summed E-state index contributed by atoms with van der Waals surface area (Å²) < 4.78 is 1.50. The Morgan fingerprint density at radius 1 is 1.37 bits per heavy atom. The summed E-state index contributed by atoms with van der Waals surface area (Å²) in [5, 5.41) is 23.6. The third kappa shape index (κ3) is 4.94. The van der Waals surface area contributed by atoms with Gasteiger partial charge in [-0.05, 0) is 22.8 Å². The van der Waals surface area contributed by atoms with Crippen molar-refractivity contribution in [2.45, 2.75) is 52.7 Å². The molecule has 7 nitrogen and oxygen atoms in total. The minimum absolute atomic E-state index is 0.109. The van der Waals surface area contributed by atoms with Gasteiger partial charge in [-0.3, -0.25) is 4.79 Å². The highest BCUT2D eigenvalue weighted by Gasteiger charge is 2.14. The maximum atomic E-state index is 11.7. The number of tetrazole rings is 1. The number of aliphatic hydroxyl groups excluding tert-OH is 1. The van der Waals surface area contributed by atoms with E-state index in [-0.39, 0.29) is 30.4 Å². The second-order valence-corrected chi connectivity index (χ2v) is 5.30. The first-order chi connectivity index (χ1) is 8.91. The summed E-state index contributed by atoms with van der Waals surface area (Å²) in [6.07, 6.45) is 0.162. The summed E-state index contributed by atoms with van der Waals surface area (Å²) >= 11 is 0. The minimum Gasteiger partial charge on any atom is -0.393 e. The van der Waals surface area contributed by atoms with Crippen LogP contribution in [0.3, 0.4) is 0 Å². The molecule has 0 aliphatic rings. The van der Waals surface area contributed by atoms with Gasteiger partial charge in [0.1, 0.15) is 6.54 Å². The lowest BCUT2D eigenvalue weighted by molar-refractivity contribution is -0.122. The first kappa shape index (κ1) is 15.6. The van der Waals surface area contributed by atoms with Crippen molar-refractivity contribution in [1.29, 1.82) is 0 Å². The summed E-state index contributed by atoms with van der Waals surface area (Å²) in [6, 6.07) is 0. The Hall–Kier alpha value is -1.50. The number of hydrogen-bond donors (Lipinski definition) is 2. The van der Waals surface area contributed by atoms with E-state index in [1.807, 2.05) is 27.7 Å². The van der Waals surface area contributed by atoms with Crippen molar-refractivity contribution in [3.8, 4) is 0 Å². The van der Waals surface area contributed by atoms with E-state index < -0.39 is 0 Å². The smallest absolute Gasteiger partial charge is 0.241 e. The van der Waals surface area contributed by atoms with Crippen LogP contribution in [-0.4, -0.2) is 43.9 Å². The Kier molecular flexibility index (Phi) is 5.88. The summed E-state index contributed by atoms with van der Waals surface area (Å²) in [4.78, 5) is 11.7. The SMILES string of the molecule is CC(C)c1nnnn1CC(=O)NCCC(O)C(C)C. The molecule has 1 amide bonds. The molecule has 0 saturated heterocycles. The molecule has 0 radical (unpaired) electrons. The summed E-state index contributed by atoms with van der Waals surface area (Å²) in [7, 11) is 0. The van der Waals surface area contributed by atoms with Crippen molar-refractivity contribution >= 4 is 5.91 Å². The predicted molar refractivity (Wildman–Crippen MR) is 70.4 cm³/mol. The maximum absolute atomic E-state index is 11.7. The summed E-state index contributed by atoms with van der Waals surface area (Å²) in [5.41, 5.74) is 0. The van der Waals surface area contributed by atoms with E-state index in [4.69, 9.17) is 0 Å². The molecule has 0 aliphatic heterocycles. The minimum atomic E-state index is -0.389. The van der Waals surface area contributed by atoms with E-state index in [2.05, 4.69) is 20.8 Å². The fourth-order valence-electron chi connectivity index (χ4n) is 1.62. The van der Waals surface area contributed by atoms with Crippen LogP contribution >= 0.6 is 0 Å². The largest absolute Gasteiger partial charge is 0.393 e. The van der Waals surface area contributed by atoms with Gasteiger partial charge in [-0.1, -0.05) is 27.7 Å². The molecule has 1 rings (SSSR count). The van der Waals surface area contributed by atoms with Gasteiger partial charge in [0, 0.05) is 12.5 Å². The number of aliphatic hydroxyl groups is 1. The third-order valence-electron chi connectivity index (χ3n) is 2.90. The van der Waals surface area contributed by atoms with E-state index in [0.717, 1.165) is 0 Å². The lowest BCUT2D eigenvalue weighted by Crippen LogP contribution is -2.32. The van der Waals surface area contributed by atoms with Gasteiger partial charge < -0.3 is 10.4 Å². The zero-order chi connectivity index (χ0) is 14.4. The Bertz CT molecular complexity index is 403. The monoisotopic (exact) mass is 269 g/mol. The molecule has 0 bridgehead atoms. The Morgan fingerprint density at radius 3 is 2.63 bits per heavy atom. The molecular weight excluding hydrogens is 246 g/mol. The molecule has 0 aliphatic carbocycles. The van der Waals surface area contributed by atoms with E-state index >= 15 is 0 Å². The van der Waals surface area contributed by atoms with E-state index in [1.54, 1.807) is 0 Å². The number of carbonyl (C=O) groups is 1. The molecule has 1 aromatic rings. The summed E-state index contributed by atoms with van der Waals surface area (Å²) in [5.74, 6) is 0.914. The van der Waals surface area contributed by atoms with Crippen LogP contribution in [0, 0.1) is 5.92 Å². The number of carbonyl (C=O) groups excluding carboxylic acids is 1. The lowest BCUT2D eigenvalue weighted by Gasteiger charge is -2.14. The molecule has 19 heavy (non-hydrogen) atoms. The van der Waals surface area contributed by atoms with Crippen LogP contribution in [0.15, 0.2) is 0 Å². The van der Waals surface area contributed by atoms with E-state index in [0.29, 0.717) is 18.8 Å². The molecule has 108 valence electrons. The molecule has 0 fully saturated rings. The quantitative estimate of drug-likeness (QED) is 0.743. The molecule has 7 heteroatoms. The molecule has 0 aromatic carbocycles. The van der Waals surface area contributed by atoms with Crippen LogP contribution in [0.2, 0.25) is 0 Å². The lowest BCUT2D eigenvalue weighted by atomic mass is 10.0. The molecule has 1 unspecified atom stereocenters. The van der Waals surface area contributed by atoms with Crippen LogP contribution in [0.25, 0.3) is 0 Å². The number of nitrogens with one attached hydrogen (secondary N) is 1. The Morgan fingerprint density at radius 2 is 2.05 bits per heavy atom. The van der Waals surface area contributed by atoms with Gasteiger partial charge in [0.15, 0.2) is 5.82 Å². The number of nitrogens with zero attached hydrogens (tertiary/aromatic N) is 4. The van der Waals surface area contributed by atoms with Gasteiger partial charge in [-0.15, -0.1) is 5.10 Å². The number of rotatable bonds is 7. The van der Waals surface area contributed by atoms with Gasteiger partial charge in [0.2, 0.25) is 5.91 Å². The van der Waals surface area contributed by atoms with Crippen LogP contribution in [0.4, 0.5) is 0 Å². The third-order valence-corrected chi connectivity index (χ3v) is 2.90. The molecule has 0 saturated carbocycles. The molecule has 2 N–H and O–H groups in total. The first-order valence-electron chi connectivity index (χ1n) is 6.62. The molecular formula is C12H23N5O2. The van der Waals surface area contributed by atoms with Crippen LogP contribution in [0.1, 0.15) is 45.9 Å². The van der Waals surface area contributed by atoms with Crippen LogP contribution < -0.4 is 5.32 Å². The fourth-order valence-corrected chi connectivity index (χ4v) is 1.62. The van der Waals surface area contributed by atoms with Crippen LogP contribution in [0.5, 0.6) is 0 Å². The predicted octanol–water partition coefficient (Wildman–Crippen LogP) is 0.320. The van der Waals surface area contributed by atoms with Gasteiger partial charge in [-0.25, -0.2) is 4.68 Å². The first-order valence-corrected chi connectivity index (χ1v) is 6.62. The number of amides is 1. The van der Waals surface area contributed by atoms with Crippen molar-refractivity contribution in [2.24, 2.45) is 5.92 Å². The standard InChI is InChI=1S/C12H23N5O2/c1-8(2)10(18)5-6-13-11(19)7-17-12(9(3)4)14-15-16-17/h8-10,18H,5-7H2,1-4H3,(H,13,19). The Labute approximate surface area is 113 Å². The topological polar surface area (TPSA) is 92.9 Å². The highest BCUT2D eigenvalue weighted by atomic mass is 16.3. The average Bonchev–Trinajstić information content (AvgIpc) is 2.76. The van der Waals surface area contributed by atoms with Crippen molar-refractivity contribution in [1.82, 2.24) is 25.5 Å². The van der Waals surface area contributed by atoms with Gasteiger partial charge in [0.25, 0.3) is 0 Å². The number of aromatic nitrogens is 4. The van der Waals surface area contributed by atoms with E-state index in [1.165, 1.54) is 4.68 Å². The van der Waals surface area contributed by atoms with Crippen molar-refractivity contribution < 1.29 is 9.90 Å². The average molecular weight is 269 g/mol. The van der Waals surface area contributed by atoms with Gasteiger partial charge >= 0.3 is 0 Å². The summed E-state index contributed by atoms with van der Waals surface area (Å²) in [6.45, 7) is 8.40. The van der Waals surface area contributed by atoms with Crippen molar-refractivity contribution in [3.05, 3.63) is 5.82 Å². The zero-order valence-electron chi connectivity index (χ0n) is 12.0. The molecule has 0 spiro atoms. The second kappa shape index (κ2) is 7.18. The normalized spacial score (nSPS) is 13.0. The van der Waals surface area contributed by atoms with E-state index in [9.17, 15) is 9.90 Å². The van der Waals surface area contributed by atoms with Gasteiger partial charge in [0.05, 0.1) is 6.10 Å². The second-order valence-electron chi connectivity index (χ2n) is 5.30. The van der Waals surface area contributed by atoms with Crippen LogP contribution in [-0.2, 0) is 11.3 Å². The van der Waals surface area contributed by atoms with Gasteiger partial charge in [-0.2, -0.15) is 0 Å².